The van der Waals surface area contributed by atoms with Gasteiger partial charge in [0.25, 0.3) is 0 Å². The molecule has 100 valence electrons. The van der Waals surface area contributed by atoms with Gasteiger partial charge in [-0.3, -0.25) is 4.79 Å². The molecule has 2 heteroatoms. The van der Waals surface area contributed by atoms with E-state index in [0.717, 1.165) is 0 Å². The van der Waals surface area contributed by atoms with Gasteiger partial charge in [-0.05, 0) is 39.7 Å². The summed E-state index contributed by atoms with van der Waals surface area (Å²) >= 11 is 0. The molecular formula is C16H25NO. The molecule has 0 heterocycles. The molecule has 0 bridgehead atoms. The minimum absolute atomic E-state index is 0.0233. The third-order valence-electron chi connectivity index (χ3n) is 2.87. The summed E-state index contributed by atoms with van der Waals surface area (Å²) in [6.45, 7) is 9.30. The maximum atomic E-state index is 12.7. The van der Waals surface area contributed by atoms with Gasteiger partial charge in [-0.1, -0.05) is 37.3 Å². The molecule has 1 aromatic carbocycles. The van der Waals surface area contributed by atoms with E-state index in [1.165, 1.54) is 6.92 Å². The van der Waals surface area contributed by atoms with E-state index >= 15 is 0 Å². The van der Waals surface area contributed by atoms with Gasteiger partial charge in [0.1, 0.15) is 0 Å². The van der Waals surface area contributed by atoms with E-state index in [4.69, 9.17) is 2.74 Å². The molecule has 2 nitrogen and oxygen atoms in total. The Balaban J connectivity index is 3.05. The van der Waals surface area contributed by atoms with Gasteiger partial charge in [0.15, 0.2) is 0 Å². The van der Waals surface area contributed by atoms with Crippen LogP contribution in [0.2, 0.25) is 0 Å². The maximum Gasteiger partial charge on any atom is 0.226 e. The first-order chi connectivity index (χ1) is 9.19. The van der Waals surface area contributed by atoms with Crippen LogP contribution in [0.15, 0.2) is 30.3 Å². The molecule has 1 amide bonds. The lowest BCUT2D eigenvalue weighted by Gasteiger charge is -2.33. The van der Waals surface area contributed by atoms with Gasteiger partial charge in [0, 0.05) is 20.7 Å². The van der Waals surface area contributed by atoms with Gasteiger partial charge in [0.05, 0.1) is 0 Å². The van der Waals surface area contributed by atoms with E-state index in [1.807, 2.05) is 45.9 Å². The lowest BCUT2D eigenvalue weighted by molar-refractivity contribution is -0.138. The molecule has 0 radical (unpaired) electrons. The van der Waals surface area contributed by atoms with Gasteiger partial charge in [-0.25, -0.2) is 0 Å². The van der Waals surface area contributed by atoms with Crippen molar-refractivity contribution in [3.63, 3.8) is 0 Å². The van der Waals surface area contributed by atoms with E-state index in [9.17, 15) is 4.79 Å². The maximum absolute atomic E-state index is 12.7. The Morgan fingerprint density at radius 2 is 1.67 bits per heavy atom. The van der Waals surface area contributed by atoms with Crippen LogP contribution in [0.4, 0.5) is 0 Å². The highest BCUT2D eigenvalue weighted by atomic mass is 16.2. The quantitative estimate of drug-likeness (QED) is 0.782. The van der Waals surface area contributed by atoms with E-state index in [-0.39, 0.29) is 18.0 Å². The highest BCUT2D eigenvalue weighted by Gasteiger charge is 2.24. The molecular weight excluding hydrogens is 222 g/mol. The zero-order chi connectivity index (χ0) is 15.5. The van der Waals surface area contributed by atoms with Crippen LogP contribution in [0.1, 0.15) is 42.9 Å². The molecule has 0 aromatic heterocycles. The molecule has 1 aromatic rings. The second kappa shape index (κ2) is 6.58. The standard InChI is InChI=1S/C16H25NO/c1-12(2)17(13(3)4)16(18)14(5)11-15-9-7-6-8-10-15/h6-10,12-14H,11H2,1-5H3/t14-/m1/s1/i11D,14D/t11-,14+/m0. The first-order valence-corrected chi connectivity index (χ1v) is 6.49. The van der Waals surface area contributed by atoms with Crippen molar-refractivity contribution in [2.45, 2.75) is 53.1 Å². The van der Waals surface area contributed by atoms with Crippen molar-refractivity contribution in [1.29, 1.82) is 0 Å². The number of carbonyl (C=O) groups excluding carboxylic acids is 1. The van der Waals surface area contributed by atoms with Crippen LogP contribution in [-0.4, -0.2) is 22.9 Å². The molecule has 0 unspecified atom stereocenters. The monoisotopic (exact) mass is 249 g/mol. The van der Waals surface area contributed by atoms with Crippen molar-refractivity contribution in [3.05, 3.63) is 35.9 Å². The largest absolute Gasteiger partial charge is 0.338 e. The summed E-state index contributed by atoms with van der Waals surface area (Å²) in [4.78, 5) is 14.4. The van der Waals surface area contributed by atoms with Crippen molar-refractivity contribution in [3.8, 4) is 0 Å². The lowest BCUT2D eigenvalue weighted by Crippen LogP contribution is -2.45. The van der Waals surface area contributed by atoms with Gasteiger partial charge in [-0.2, -0.15) is 0 Å². The van der Waals surface area contributed by atoms with Crippen LogP contribution in [-0.2, 0) is 11.2 Å². The zero-order valence-electron chi connectivity index (χ0n) is 14.0. The molecule has 0 aliphatic heterocycles. The molecule has 0 saturated heterocycles. The van der Waals surface area contributed by atoms with Crippen molar-refractivity contribution in [2.24, 2.45) is 5.89 Å². The Kier molecular flexibility index (Phi) is 4.30. The molecule has 0 fully saturated rings. The fourth-order valence-corrected chi connectivity index (χ4v) is 2.13. The predicted molar refractivity (Wildman–Crippen MR) is 76.4 cm³/mol. The summed E-state index contributed by atoms with van der Waals surface area (Å²) in [5.41, 5.74) is 0.700. The van der Waals surface area contributed by atoms with Crippen LogP contribution in [0.25, 0.3) is 0 Å². The SMILES string of the molecule is [2H][C@H](c1ccccc1)[C@@]([2H])(C)C(=O)N(C(C)C)C(C)C. The summed E-state index contributed by atoms with van der Waals surface area (Å²) in [6.07, 6.45) is -0.892. The second-order valence-electron chi connectivity index (χ2n) is 5.14. The first kappa shape index (κ1) is 11.8. The molecule has 18 heavy (non-hydrogen) atoms. The van der Waals surface area contributed by atoms with E-state index in [0.29, 0.717) is 5.56 Å². The van der Waals surface area contributed by atoms with E-state index in [1.54, 1.807) is 17.0 Å². The summed E-state index contributed by atoms with van der Waals surface area (Å²) in [6, 6.07) is 9.18. The summed E-state index contributed by atoms with van der Waals surface area (Å²) in [7, 11) is 0. The molecule has 1 rings (SSSR count). The van der Waals surface area contributed by atoms with Crippen molar-refractivity contribution in [1.82, 2.24) is 4.90 Å². The van der Waals surface area contributed by atoms with Crippen molar-refractivity contribution < 1.29 is 7.54 Å². The molecule has 2 atom stereocenters. The minimum atomic E-state index is -1.49. The summed E-state index contributed by atoms with van der Waals surface area (Å²) < 4.78 is 16.7. The smallest absolute Gasteiger partial charge is 0.226 e. The van der Waals surface area contributed by atoms with Crippen molar-refractivity contribution in [2.75, 3.05) is 0 Å². The van der Waals surface area contributed by atoms with Gasteiger partial charge in [0.2, 0.25) is 5.91 Å². The predicted octanol–water partition coefficient (Wildman–Crippen LogP) is 3.51. The minimum Gasteiger partial charge on any atom is -0.338 e. The fraction of sp³-hybridized carbons (Fsp3) is 0.562. The van der Waals surface area contributed by atoms with E-state index in [2.05, 4.69) is 0 Å². The number of carbonyl (C=O) groups is 1. The molecule has 0 aliphatic rings. The number of amides is 1. The normalized spacial score (nSPS) is 17.9. The van der Waals surface area contributed by atoms with E-state index < -0.39 is 12.3 Å². The highest BCUT2D eigenvalue weighted by Crippen LogP contribution is 2.15. The van der Waals surface area contributed by atoms with Crippen LogP contribution >= 0.6 is 0 Å². The van der Waals surface area contributed by atoms with Crippen molar-refractivity contribution >= 4 is 5.91 Å². The van der Waals surface area contributed by atoms with Gasteiger partial charge < -0.3 is 4.90 Å². The van der Waals surface area contributed by atoms with Gasteiger partial charge in [-0.15, -0.1) is 0 Å². The Hall–Kier alpha value is -1.31. The fourth-order valence-electron chi connectivity index (χ4n) is 2.13. The average Bonchev–Trinajstić information content (AvgIpc) is 2.37. The molecule has 0 saturated carbocycles. The zero-order valence-corrected chi connectivity index (χ0v) is 12.0. The van der Waals surface area contributed by atoms with Crippen LogP contribution in [0, 0.1) is 5.89 Å². The Labute approximate surface area is 114 Å². The third-order valence-corrected chi connectivity index (χ3v) is 2.87. The average molecular weight is 249 g/mol. The molecule has 0 N–H and O–H groups in total. The van der Waals surface area contributed by atoms with Gasteiger partial charge >= 0.3 is 0 Å². The number of benzene rings is 1. The lowest BCUT2D eigenvalue weighted by atomic mass is 9.98. The Morgan fingerprint density at radius 1 is 1.17 bits per heavy atom. The third kappa shape index (κ3) is 3.86. The Bertz CT molecular complexity index is 435. The van der Waals surface area contributed by atoms with Crippen LogP contribution in [0.5, 0.6) is 0 Å². The number of nitrogens with zero attached hydrogens (tertiary/aromatic N) is 1. The van der Waals surface area contributed by atoms with Crippen LogP contribution < -0.4 is 0 Å². The topological polar surface area (TPSA) is 20.3 Å². The van der Waals surface area contributed by atoms with Crippen LogP contribution in [0.3, 0.4) is 0 Å². The summed E-state index contributed by atoms with van der Waals surface area (Å²) in [5.74, 6) is -1.78. The molecule has 0 spiro atoms. The highest BCUT2D eigenvalue weighted by molar-refractivity contribution is 5.79. The number of hydrogen-bond acceptors (Lipinski definition) is 1. The number of hydrogen-bond donors (Lipinski definition) is 0. The number of rotatable bonds is 5. The first-order valence-electron chi connectivity index (χ1n) is 7.57. The Morgan fingerprint density at radius 3 is 2.11 bits per heavy atom. The second-order valence-corrected chi connectivity index (χ2v) is 5.14. The molecule has 0 aliphatic carbocycles. The summed E-state index contributed by atoms with van der Waals surface area (Å²) in [5, 5.41) is 0.